The van der Waals surface area contributed by atoms with Crippen molar-refractivity contribution in [3.05, 3.63) is 101 Å². The second-order valence-corrected chi connectivity index (χ2v) is 7.31. The molecule has 1 amide bonds. The summed E-state index contributed by atoms with van der Waals surface area (Å²) in [5.41, 5.74) is -0.281. The number of hydrogen-bond donors (Lipinski definition) is 0. The molecule has 0 unspecified atom stereocenters. The van der Waals surface area contributed by atoms with Crippen molar-refractivity contribution < 1.29 is 22.7 Å². The van der Waals surface area contributed by atoms with Crippen LogP contribution >= 0.6 is 11.6 Å². The Hall–Kier alpha value is -3.58. The van der Waals surface area contributed by atoms with Gasteiger partial charge in [-0.25, -0.2) is 0 Å². The molecule has 0 saturated carbocycles. The molecule has 0 atom stereocenters. The summed E-state index contributed by atoms with van der Waals surface area (Å²) >= 11 is 6.10. The maximum atomic E-state index is 13.6. The quantitative estimate of drug-likeness (QED) is 0.425. The van der Waals surface area contributed by atoms with Gasteiger partial charge in [0, 0.05) is 10.6 Å². The predicted molar refractivity (Wildman–Crippen MR) is 118 cm³/mol. The van der Waals surface area contributed by atoms with Crippen LogP contribution < -0.4 is 9.75 Å². The minimum absolute atomic E-state index is 0.246. The number of halogens is 4. The van der Waals surface area contributed by atoms with Crippen molar-refractivity contribution in [2.45, 2.75) is 12.8 Å². The number of para-hydroxylation sites is 1. The Bertz CT molecular complexity index is 1190. The molecule has 1 aliphatic heterocycles. The van der Waals surface area contributed by atoms with Crippen LogP contribution in [0.2, 0.25) is 5.02 Å². The average molecular weight is 457 g/mol. The van der Waals surface area contributed by atoms with Crippen LogP contribution in [0.15, 0.2) is 89.5 Å². The highest BCUT2D eigenvalue weighted by Gasteiger charge is 2.46. The van der Waals surface area contributed by atoms with E-state index in [1.165, 1.54) is 18.2 Å². The molecule has 0 radical (unpaired) electrons. The van der Waals surface area contributed by atoms with Gasteiger partial charge in [0.2, 0.25) is 0 Å². The Kier molecular flexibility index (Phi) is 6.01. The minimum atomic E-state index is -4.77. The molecule has 0 spiro atoms. The Balaban J connectivity index is 1.56. The molecular formula is C24H16ClF3N2O2. The van der Waals surface area contributed by atoms with E-state index in [2.05, 4.69) is 5.10 Å². The van der Waals surface area contributed by atoms with Crippen LogP contribution in [0.4, 0.5) is 18.9 Å². The number of benzene rings is 3. The SMILES string of the molecule is O=C1/C(=C\c2ccc(OCc3ccccc3Cl)cc2)C(C(F)(F)F)=NN1c1ccccc1. The maximum Gasteiger partial charge on any atom is 0.435 e. The summed E-state index contributed by atoms with van der Waals surface area (Å²) in [5.74, 6) is -0.331. The van der Waals surface area contributed by atoms with Gasteiger partial charge in [-0.15, -0.1) is 0 Å². The zero-order chi connectivity index (χ0) is 22.7. The largest absolute Gasteiger partial charge is 0.489 e. The van der Waals surface area contributed by atoms with Crippen LogP contribution in [0.1, 0.15) is 11.1 Å². The fourth-order valence-electron chi connectivity index (χ4n) is 3.10. The number of nitrogens with zero attached hydrogens (tertiary/aromatic N) is 2. The van der Waals surface area contributed by atoms with Crippen LogP contribution in [0.3, 0.4) is 0 Å². The van der Waals surface area contributed by atoms with Gasteiger partial charge in [-0.1, -0.05) is 60.1 Å². The molecule has 8 heteroatoms. The first-order valence-corrected chi connectivity index (χ1v) is 9.94. The maximum absolute atomic E-state index is 13.6. The zero-order valence-electron chi connectivity index (χ0n) is 16.5. The zero-order valence-corrected chi connectivity index (χ0v) is 17.3. The summed E-state index contributed by atoms with van der Waals surface area (Å²) in [6, 6.07) is 21.6. The molecule has 0 aliphatic carbocycles. The van der Waals surface area contributed by atoms with Crippen molar-refractivity contribution in [1.29, 1.82) is 0 Å². The van der Waals surface area contributed by atoms with Gasteiger partial charge in [-0.3, -0.25) is 4.79 Å². The molecule has 3 aromatic carbocycles. The van der Waals surface area contributed by atoms with Crippen molar-refractivity contribution in [2.75, 3.05) is 5.01 Å². The third-order valence-corrected chi connectivity index (χ3v) is 5.06. The van der Waals surface area contributed by atoms with Gasteiger partial charge in [0.15, 0.2) is 5.71 Å². The number of ether oxygens (including phenoxy) is 1. The van der Waals surface area contributed by atoms with Gasteiger partial charge in [-0.05, 0) is 42.0 Å². The Morgan fingerprint density at radius 1 is 0.938 bits per heavy atom. The molecule has 0 fully saturated rings. The number of amides is 1. The molecule has 3 aromatic rings. The van der Waals surface area contributed by atoms with Crippen LogP contribution in [-0.2, 0) is 11.4 Å². The van der Waals surface area contributed by atoms with Gasteiger partial charge in [-0.2, -0.15) is 23.3 Å². The lowest BCUT2D eigenvalue weighted by Crippen LogP contribution is -2.25. The first-order chi connectivity index (χ1) is 15.3. The van der Waals surface area contributed by atoms with E-state index in [1.807, 2.05) is 18.2 Å². The summed E-state index contributed by atoms with van der Waals surface area (Å²) in [5, 5.41) is 4.89. The van der Waals surface area contributed by atoms with Gasteiger partial charge >= 0.3 is 6.18 Å². The Labute approximate surface area is 187 Å². The topological polar surface area (TPSA) is 41.9 Å². The smallest absolute Gasteiger partial charge is 0.435 e. The van der Waals surface area contributed by atoms with E-state index >= 15 is 0 Å². The van der Waals surface area contributed by atoms with E-state index in [9.17, 15) is 18.0 Å². The van der Waals surface area contributed by atoms with E-state index in [4.69, 9.17) is 16.3 Å². The number of hydrogen-bond acceptors (Lipinski definition) is 3. The average Bonchev–Trinajstić information content (AvgIpc) is 3.11. The number of carbonyl (C=O) groups is 1. The second-order valence-electron chi connectivity index (χ2n) is 6.91. The lowest BCUT2D eigenvalue weighted by Gasteiger charge is -2.11. The van der Waals surface area contributed by atoms with Crippen LogP contribution in [0, 0.1) is 0 Å². The van der Waals surface area contributed by atoms with Gasteiger partial charge in [0.25, 0.3) is 5.91 Å². The molecule has 32 heavy (non-hydrogen) atoms. The predicted octanol–water partition coefficient (Wildman–Crippen LogP) is 6.27. The van der Waals surface area contributed by atoms with Crippen molar-refractivity contribution in [1.82, 2.24) is 0 Å². The van der Waals surface area contributed by atoms with Crippen LogP contribution in [0.25, 0.3) is 6.08 Å². The van der Waals surface area contributed by atoms with Crippen LogP contribution in [0.5, 0.6) is 5.75 Å². The number of alkyl halides is 3. The highest BCUT2D eigenvalue weighted by Crippen LogP contribution is 2.32. The highest BCUT2D eigenvalue weighted by molar-refractivity contribution is 6.34. The number of hydrazone groups is 1. The molecule has 0 bridgehead atoms. The fraction of sp³-hybridized carbons (Fsp3) is 0.0833. The molecule has 0 aromatic heterocycles. The first-order valence-electron chi connectivity index (χ1n) is 9.56. The third-order valence-electron chi connectivity index (χ3n) is 4.69. The second kappa shape index (κ2) is 8.88. The molecule has 0 N–H and O–H groups in total. The summed E-state index contributed by atoms with van der Waals surface area (Å²) in [6.45, 7) is 0.246. The summed E-state index contributed by atoms with van der Waals surface area (Å²) in [4.78, 5) is 12.7. The number of rotatable bonds is 5. The first kappa shape index (κ1) is 21.6. The monoisotopic (exact) mass is 456 g/mol. The molecule has 4 nitrogen and oxygen atoms in total. The van der Waals surface area contributed by atoms with Crippen molar-refractivity contribution in [3.63, 3.8) is 0 Å². The van der Waals surface area contributed by atoms with Gasteiger partial charge in [0.1, 0.15) is 12.4 Å². The molecule has 162 valence electrons. The highest BCUT2D eigenvalue weighted by atomic mass is 35.5. The van der Waals surface area contributed by atoms with E-state index < -0.39 is 23.4 Å². The minimum Gasteiger partial charge on any atom is -0.489 e. The van der Waals surface area contributed by atoms with Crippen molar-refractivity contribution in [2.24, 2.45) is 5.10 Å². The molecular weight excluding hydrogens is 441 g/mol. The van der Waals surface area contributed by atoms with E-state index in [0.29, 0.717) is 16.3 Å². The Morgan fingerprint density at radius 3 is 2.25 bits per heavy atom. The molecule has 0 saturated heterocycles. The summed E-state index contributed by atoms with van der Waals surface area (Å²) < 4.78 is 46.3. The third kappa shape index (κ3) is 4.68. The van der Waals surface area contributed by atoms with Crippen LogP contribution in [-0.4, -0.2) is 17.8 Å². The summed E-state index contributed by atoms with van der Waals surface area (Å²) in [7, 11) is 0. The standard InChI is InChI=1S/C24H16ClF3N2O2/c25-21-9-5-4-6-17(21)15-32-19-12-10-16(11-13-19)14-20-22(24(26,27)28)29-30(23(20)31)18-7-2-1-3-8-18/h1-14H,15H2/b20-14-. The Morgan fingerprint density at radius 2 is 1.59 bits per heavy atom. The normalized spacial score (nSPS) is 15.2. The molecule has 4 rings (SSSR count). The van der Waals surface area contributed by atoms with E-state index in [1.54, 1.807) is 48.5 Å². The number of carbonyl (C=O) groups excluding carboxylic acids is 1. The van der Waals surface area contributed by atoms with Gasteiger partial charge in [0.05, 0.1) is 11.3 Å². The van der Waals surface area contributed by atoms with E-state index in [0.717, 1.165) is 10.6 Å². The van der Waals surface area contributed by atoms with Crippen molar-refractivity contribution >= 4 is 35.0 Å². The lowest BCUT2D eigenvalue weighted by atomic mass is 10.1. The molecule has 1 heterocycles. The summed E-state index contributed by atoms with van der Waals surface area (Å²) in [6.07, 6.45) is -3.60. The van der Waals surface area contributed by atoms with Gasteiger partial charge < -0.3 is 4.74 Å². The molecule has 1 aliphatic rings. The van der Waals surface area contributed by atoms with E-state index in [-0.39, 0.29) is 12.3 Å². The fourth-order valence-corrected chi connectivity index (χ4v) is 3.29. The van der Waals surface area contributed by atoms with Crippen molar-refractivity contribution in [3.8, 4) is 5.75 Å². The number of anilines is 1. The lowest BCUT2D eigenvalue weighted by molar-refractivity contribution is -0.114.